The highest BCUT2D eigenvalue weighted by molar-refractivity contribution is 5.99. The molecule has 0 aromatic heterocycles. The number of nitrogens with one attached hydrogen (secondary N) is 1. The van der Waals surface area contributed by atoms with Crippen LogP contribution >= 0.6 is 0 Å². The number of nitrogens with two attached hydrogens (primary N) is 1. The first kappa shape index (κ1) is 17.1. The number of carbonyl (C=O) groups excluding carboxylic acids is 2. The van der Waals surface area contributed by atoms with Crippen molar-refractivity contribution in [2.24, 2.45) is 11.8 Å². The van der Waals surface area contributed by atoms with E-state index in [1.807, 2.05) is 0 Å². The highest BCUT2D eigenvalue weighted by atomic mass is 16.5. The van der Waals surface area contributed by atoms with Crippen molar-refractivity contribution in [2.75, 3.05) is 26.5 Å². The lowest BCUT2D eigenvalue weighted by molar-refractivity contribution is -0.146. The highest BCUT2D eigenvalue weighted by Crippen LogP contribution is 2.29. The van der Waals surface area contributed by atoms with Gasteiger partial charge in [-0.15, -0.1) is 0 Å². The van der Waals surface area contributed by atoms with E-state index in [1.165, 1.54) is 7.11 Å². The molecule has 0 radical (unpaired) electrons. The third-order valence-electron chi connectivity index (χ3n) is 4.44. The quantitative estimate of drug-likeness (QED) is 0.639. The largest absolute Gasteiger partial charge is 0.497 e. The summed E-state index contributed by atoms with van der Waals surface area (Å²) < 4.78 is 9.90. The Labute approximate surface area is 136 Å². The molecular formula is C17H24N2O4. The van der Waals surface area contributed by atoms with Gasteiger partial charge in [0.2, 0.25) is 0 Å². The van der Waals surface area contributed by atoms with Crippen LogP contribution in [0.15, 0.2) is 18.2 Å². The number of esters is 1. The number of methoxy groups -OCH3 is 2. The maximum Gasteiger partial charge on any atom is 0.308 e. The number of hydrogen-bond acceptors (Lipinski definition) is 5. The predicted molar refractivity (Wildman–Crippen MR) is 87.2 cm³/mol. The number of amides is 1. The van der Waals surface area contributed by atoms with E-state index in [1.54, 1.807) is 25.3 Å². The Kier molecular flexibility index (Phi) is 5.84. The predicted octanol–water partition coefficient (Wildman–Crippen LogP) is 1.99. The third kappa shape index (κ3) is 4.37. The van der Waals surface area contributed by atoms with Crippen molar-refractivity contribution >= 4 is 17.6 Å². The highest BCUT2D eigenvalue weighted by Gasteiger charge is 2.27. The molecule has 0 aliphatic heterocycles. The van der Waals surface area contributed by atoms with Gasteiger partial charge in [-0.25, -0.2) is 0 Å². The van der Waals surface area contributed by atoms with Crippen molar-refractivity contribution in [2.45, 2.75) is 25.7 Å². The minimum atomic E-state index is -0.198. The fourth-order valence-electron chi connectivity index (χ4n) is 2.96. The molecule has 1 amide bonds. The zero-order valence-corrected chi connectivity index (χ0v) is 13.6. The zero-order valence-electron chi connectivity index (χ0n) is 13.6. The first-order valence-corrected chi connectivity index (χ1v) is 7.84. The van der Waals surface area contributed by atoms with Crippen molar-refractivity contribution < 1.29 is 19.1 Å². The van der Waals surface area contributed by atoms with E-state index in [9.17, 15) is 9.59 Å². The van der Waals surface area contributed by atoms with Crippen molar-refractivity contribution in [3.63, 3.8) is 0 Å². The lowest BCUT2D eigenvalue weighted by Gasteiger charge is -2.27. The van der Waals surface area contributed by atoms with Crippen molar-refractivity contribution in [3.05, 3.63) is 23.8 Å². The summed E-state index contributed by atoms with van der Waals surface area (Å²) in [7, 11) is 2.97. The van der Waals surface area contributed by atoms with Gasteiger partial charge in [0.25, 0.3) is 5.91 Å². The number of hydrogen-bond donors (Lipinski definition) is 2. The molecule has 0 heterocycles. The lowest BCUT2D eigenvalue weighted by atomic mass is 9.82. The van der Waals surface area contributed by atoms with E-state index >= 15 is 0 Å². The number of nitrogen functional groups attached to an aromatic ring is 1. The summed E-state index contributed by atoms with van der Waals surface area (Å²) >= 11 is 0. The van der Waals surface area contributed by atoms with E-state index in [0.29, 0.717) is 29.5 Å². The lowest BCUT2D eigenvalue weighted by Crippen LogP contribution is -2.33. The molecule has 0 bridgehead atoms. The number of carbonyl (C=O) groups is 2. The molecule has 6 nitrogen and oxygen atoms in total. The van der Waals surface area contributed by atoms with Crippen molar-refractivity contribution in [1.29, 1.82) is 0 Å². The van der Waals surface area contributed by atoms with Crippen LogP contribution in [-0.2, 0) is 9.53 Å². The van der Waals surface area contributed by atoms with Crippen LogP contribution in [-0.4, -0.2) is 32.6 Å². The van der Waals surface area contributed by atoms with Crippen molar-refractivity contribution in [3.8, 4) is 5.75 Å². The summed E-state index contributed by atoms with van der Waals surface area (Å²) in [6.07, 6.45) is 3.45. The van der Waals surface area contributed by atoms with Crippen LogP contribution in [0.2, 0.25) is 0 Å². The first-order chi connectivity index (χ1) is 11.0. The van der Waals surface area contributed by atoms with Gasteiger partial charge < -0.3 is 20.5 Å². The molecule has 1 aliphatic rings. The molecule has 3 N–H and O–H groups in total. The van der Waals surface area contributed by atoms with Gasteiger partial charge in [-0.2, -0.15) is 0 Å². The molecule has 2 rings (SSSR count). The SMILES string of the molecule is COc1ccc(N)c(C(=O)NC[C@H]2CC[C@H](C(=O)OC)CC2)c1. The monoisotopic (exact) mass is 320 g/mol. The Morgan fingerprint density at radius 3 is 2.52 bits per heavy atom. The molecule has 0 unspecified atom stereocenters. The smallest absolute Gasteiger partial charge is 0.308 e. The second-order valence-corrected chi connectivity index (χ2v) is 5.90. The maximum absolute atomic E-state index is 12.3. The molecule has 1 aromatic carbocycles. The van der Waals surface area contributed by atoms with Gasteiger partial charge in [0, 0.05) is 12.2 Å². The fourth-order valence-corrected chi connectivity index (χ4v) is 2.96. The summed E-state index contributed by atoms with van der Waals surface area (Å²) in [5.74, 6) is 0.656. The van der Waals surface area contributed by atoms with Crippen LogP contribution in [0.25, 0.3) is 0 Å². The number of rotatable bonds is 5. The Bertz CT molecular complexity index is 566. The van der Waals surface area contributed by atoms with E-state index in [4.69, 9.17) is 15.2 Å². The summed E-state index contributed by atoms with van der Waals surface area (Å²) in [6, 6.07) is 5.02. The van der Waals surface area contributed by atoms with Crippen LogP contribution in [0.1, 0.15) is 36.0 Å². The molecule has 6 heteroatoms. The molecule has 1 aliphatic carbocycles. The van der Waals surface area contributed by atoms with E-state index in [0.717, 1.165) is 25.7 Å². The average Bonchev–Trinajstić information content (AvgIpc) is 2.59. The summed E-state index contributed by atoms with van der Waals surface area (Å²) in [6.45, 7) is 0.587. The summed E-state index contributed by atoms with van der Waals surface area (Å²) in [4.78, 5) is 23.8. The fraction of sp³-hybridized carbons (Fsp3) is 0.529. The number of benzene rings is 1. The number of ether oxygens (including phenoxy) is 2. The molecule has 1 saturated carbocycles. The van der Waals surface area contributed by atoms with Crippen LogP contribution in [0.4, 0.5) is 5.69 Å². The van der Waals surface area contributed by atoms with Gasteiger partial charge in [0.05, 0.1) is 25.7 Å². The van der Waals surface area contributed by atoms with Gasteiger partial charge >= 0.3 is 5.97 Å². The Balaban J connectivity index is 1.85. The second kappa shape index (κ2) is 7.85. The molecule has 23 heavy (non-hydrogen) atoms. The summed E-state index contributed by atoms with van der Waals surface area (Å²) in [5, 5.41) is 2.93. The van der Waals surface area contributed by atoms with Gasteiger partial charge in [0.15, 0.2) is 0 Å². The molecule has 1 aromatic rings. The van der Waals surface area contributed by atoms with E-state index in [-0.39, 0.29) is 17.8 Å². The minimum absolute atomic E-state index is 0.000908. The first-order valence-electron chi connectivity index (χ1n) is 7.84. The maximum atomic E-state index is 12.3. The second-order valence-electron chi connectivity index (χ2n) is 5.90. The molecule has 0 saturated heterocycles. The standard InChI is InChI=1S/C17H24N2O4/c1-22-13-7-8-15(18)14(9-13)16(20)19-10-11-3-5-12(6-4-11)17(21)23-2/h7-9,11-12H,3-6,10,18H2,1-2H3,(H,19,20)/t11-,12-. The minimum Gasteiger partial charge on any atom is -0.497 e. The number of anilines is 1. The molecule has 0 atom stereocenters. The Hall–Kier alpha value is -2.24. The third-order valence-corrected chi connectivity index (χ3v) is 4.44. The Morgan fingerprint density at radius 1 is 1.22 bits per heavy atom. The zero-order chi connectivity index (χ0) is 16.8. The van der Waals surface area contributed by atoms with Gasteiger partial charge in [-0.3, -0.25) is 9.59 Å². The van der Waals surface area contributed by atoms with Crippen LogP contribution < -0.4 is 15.8 Å². The van der Waals surface area contributed by atoms with Crippen LogP contribution in [0, 0.1) is 11.8 Å². The van der Waals surface area contributed by atoms with Gasteiger partial charge in [-0.1, -0.05) is 0 Å². The normalized spacial score (nSPS) is 20.6. The molecule has 126 valence electrons. The molecular weight excluding hydrogens is 296 g/mol. The summed E-state index contributed by atoms with van der Waals surface area (Å²) in [5.41, 5.74) is 6.70. The molecule has 0 spiro atoms. The van der Waals surface area contributed by atoms with Crippen LogP contribution in [0.3, 0.4) is 0 Å². The van der Waals surface area contributed by atoms with Crippen LogP contribution in [0.5, 0.6) is 5.75 Å². The average molecular weight is 320 g/mol. The van der Waals surface area contributed by atoms with Crippen molar-refractivity contribution in [1.82, 2.24) is 5.32 Å². The van der Waals surface area contributed by atoms with Gasteiger partial charge in [0.1, 0.15) is 5.75 Å². The topological polar surface area (TPSA) is 90.6 Å². The Morgan fingerprint density at radius 2 is 1.91 bits per heavy atom. The molecule has 1 fully saturated rings. The van der Waals surface area contributed by atoms with Gasteiger partial charge in [-0.05, 0) is 49.8 Å². The van der Waals surface area contributed by atoms with E-state index in [2.05, 4.69) is 5.32 Å². The van der Waals surface area contributed by atoms with E-state index < -0.39 is 0 Å².